The molecule has 9 heavy (non-hydrogen) atoms. The molecule has 0 aromatic heterocycles. The van der Waals surface area contributed by atoms with Crippen molar-refractivity contribution in [3.8, 4) is 0 Å². The number of aliphatic hydroxyl groups is 1. The molecule has 0 atom stereocenters. The maximum absolute atomic E-state index is 8.99. The first-order valence-electron chi connectivity index (χ1n) is 3.31. The Hall–Kier alpha value is -0.120. The molecule has 0 radical (unpaired) electrons. The third kappa shape index (κ3) is 1.93. The van der Waals surface area contributed by atoms with Crippen LogP contribution in [0.2, 0.25) is 0 Å². The first-order chi connectivity index (χ1) is 4.33. The molecule has 3 heteroatoms. The maximum atomic E-state index is 8.99. The summed E-state index contributed by atoms with van der Waals surface area (Å²) in [7, 11) is 0. The van der Waals surface area contributed by atoms with Gasteiger partial charge in [0.2, 0.25) is 0 Å². The summed E-state index contributed by atoms with van der Waals surface area (Å²) in [4.78, 5) is 4.13. The van der Waals surface area contributed by atoms with Gasteiger partial charge in [0.15, 0.2) is 0 Å². The van der Waals surface area contributed by atoms with Gasteiger partial charge in [-0.15, -0.1) is 0 Å². The molecule has 0 unspecified atom stereocenters. The van der Waals surface area contributed by atoms with Gasteiger partial charge in [0.05, 0.1) is 12.2 Å². The Kier molecular flexibility index (Phi) is 2.45. The predicted octanol–water partition coefficient (Wildman–Crippen LogP) is 0.780. The van der Waals surface area contributed by atoms with E-state index in [2.05, 4.69) is 4.89 Å². The monoisotopic (exact) mass is 132 g/mol. The van der Waals surface area contributed by atoms with Crippen LogP contribution in [0.3, 0.4) is 0 Å². The molecule has 0 saturated heterocycles. The summed E-state index contributed by atoms with van der Waals surface area (Å²) >= 11 is 0. The summed E-state index contributed by atoms with van der Waals surface area (Å²) in [5, 5.41) is 17.2. The summed E-state index contributed by atoms with van der Waals surface area (Å²) in [5.41, 5.74) is 0. The van der Waals surface area contributed by atoms with Crippen LogP contribution in [0.15, 0.2) is 0 Å². The van der Waals surface area contributed by atoms with Crippen molar-refractivity contribution in [3.63, 3.8) is 0 Å². The Morgan fingerprint density at radius 3 is 2.11 bits per heavy atom. The van der Waals surface area contributed by atoms with Crippen LogP contribution in [0.4, 0.5) is 0 Å². The van der Waals surface area contributed by atoms with E-state index in [4.69, 9.17) is 10.4 Å². The van der Waals surface area contributed by atoms with Crippen LogP contribution < -0.4 is 0 Å². The van der Waals surface area contributed by atoms with Crippen LogP contribution in [-0.2, 0) is 4.89 Å². The molecular formula is C6H12O3. The molecule has 2 N–H and O–H groups in total. The molecule has 0 aromatic carbocycles. The van der Waals surface area contributed by atoms with E-state index in [-0.39, 0.29) is 12.2 Å². The minimum Gasteiger partial charge on any atom is -0.393 e. The van der Waals surface area contributed by atoms with E-state index in [0.717, 1.165) is 25.7 Å². The predicted molar refractivity (Wildman–Crippen MR) is 32.0 cm³/mol. The van der Waals surface area contributed by atoms with E-state index < -0.39 is 0 Å². The van der Waals surface area contributed by atoms with Crippen molar-refractivity contribution in [1.29, 1.82) is 0 Å². The number of aliphatic hydroxyl groups excluding tert-OH is 1. The average molecular weight is 132 g/mol. The molecule has 1 fully saturated rings. The molecule has 0 spiro atoms. The van der Waals surface area contributed by atoms with Crippen molar-refractivity contribution >= 4 is 0 Å². The molecular weight excluding hydrogens is 120 g/mol. The lowest BCUT2D eigenvalue weighted by molar-refractivity contribution is -0.286. The second-order valence-electron chi connectivity index (χ2n) is 2.54. The smallest absolute Gasteiger partial charge is 0.0929 e. The van der Waals surface area contributed by atoms with Gasteiger partial charge in [-0.05, 0) is 25.7 Å². The number of hydrogen-bond donors (Lipinski definition) is 2. The average Bonchev–Trinajstić information content (AvgIpc) is 1.90. The Labute approximate surface area is 54.2 Å². The SMILES string of the molecule is OOC1CCC(O)CC1. The summed E-state index contributed by atoms with van der Waals surface area (Å²) in [6.45, 7) is 0. The van der Waals surface area contributed by atoms with Gasteiger partial charge in [-0.1, -0.05) is 0 Å². The van der Waals surface area contributed by atoms with Gasteiger partial charge in [0.25, 0.3) is 0 Å². The van der Waals surface area contributed by atoms with Crippen molar-refractivity contribution < 1.29 is 15.3 Å². The highest BCUT2D eigenvalue weighted by Gasteiger charge is 2.19. The Morgan fingerprint density at radius 1 is 1.11 bits per heavy atom. The Bertz CT molecular complexity index is 76.4. The topological polar surface area (TPSA) is 49.7 Å². The minimum absolute atomic E-state index is 0.0339. The van der Waals surface area contributed by atoms with Gasteiger partial charge in [-0.2, -0.15) is 0 Å². The van der Waals surface area contributed by atoms with Crippen LogP contribution >= 0.6 is 0 Å². The lowest BCUT2D eigenvalue weighted by atomic mass is 9.95. The summed E-state index contributed by atoms with van der Waals surface area (Å²) < 4.78 is 0. The van der Waals surface area contributed by atoms with E-state index in [9.17, 15) is 0 Å². The van der Waals surface area contributed by atoms with Gasteiger partial charge < -0.3 is 5.11 Å². The fourth-order valence-electron chi connectivity index (χ4n) is 1.15. The molecule has 0 aliphatic heterocycles. The van der Waals surface area contributed by atoms with Crippen LogP contribution in [0.1, 0.15) is 25.7 Å². The molecule has 0 aromatic rings. The minimum atomic E-state index is -0.170. The molecule has 54 valence electrons. The van der Waals surface area contributed by atoms with Crippen molar-refractivity contribution in [3.05, 3.63) is 0 Å². The highest BCUT2D eigenvalue weighted by molar-refractivity contribution is 4.70. The maximum Gasteiger partial charge on any atom is 0.0929 e. The van der Waals surface area contributed by atoms with Gasteiger partial charge in [-0.3, -0.25) is 5.26 Å². The van der Waals surface area contributed by atoms with Crippen molar-refractivity contribution in [2.45, 2.75) is 37.9 Å². The fraction of sp³-hybridized carbons (Fsp3) is 1.00. The molecule has 0 amide bonds. The van der Waals surface area contributed by atoms with Gasteiger partial charge in [-0.25, -0.2) is 4.89 Å². The van der Waals surface area contributed by atoms with Crippen molar-refractivity contribution in [2.75, 3.05) is 0 Å². The van der Waals surface area contributed by atoms with E-state index in [1.165, 1.54) is 0 Å². The summed E-state index contributed by atoms with van der Waals surface area (Å²) in [5.74, 6) is 0. The highest BCUT2D eigenvalue weighted by atomic mass is 17.1. The lowest BCUT2D eigenvalue weighted by Crippen LogP contribution is -2.23. The van der Waals surface area contributed by atoms with Gasteiger partial charge in [0, 0.05) is 0 Å². The molecule has 0 heterocycles. The molecule has 1 rings (SSSR count). The first-order valence-corrected chi connectivity index (χ1v) is 3.31. The highest BCUT2D eigenvalue weighted by Crippen LogP contribution is 2.19. The quantitative estimate of drug-likeness (QED) is 0.409. The van der Waals surface area contributed by atoms with Crippen molar-refractivity contribution in [2.24, 2.45) is 0 Å². The molecule has 3 nitrogen and oxygen atoms in total. The number of hydrogen-bond acceptors (Lipinski definition) is 3. The molecule has 0 bridgehead atoms. The normalized spacial score (nSPS) is 36.7. The second kappa shape index (κ2) is 3.15. The Morgan fingerprint density at radius 2 is 1.67 bits per heavy atom. The fourth-order valence-corrected chi connectivity index (χ4v) is 1.15. The third-order valence-corrected chi connectivity index (χ3v) is 1.79. The van der Waals surface area contributed by atoms with Crippen LogP contribution in [0.5, 0.6) is 0 Å². The van der Waals surface area contributed by atoms with E-state index in [1.807, 2.05) is 0 Å². The summed E-state index contributed by atoms with van der Waals surface area (Å²) in [6, 6.07) is 0. The van der Waals surface area contributed by atoms with Crippen LogP contribution in [0.25, 0.3) is 0 Å². The van der Waals surface area contributed by atoms with Gasteiger partial charge in [0.1, 0.15) is 0 Å². The first kappa shape index (κ1) is 6.99. The van der Waals surface area contributed by atoms with E-state index >= 15 is 0 Å². The standard InChI is InChI=1S/C6H12O3/c7-5-1-3-6(9-8)4-2-5/h5-8H,1-4H2. The lowest BCUT2D eigenvalue weighted by Gasteiger charge is -2.22. The Balaban J connectivity index is 2.18. The van der Waals surface area contributed by atoms with Crippen LogP contribution in [-0.4, -0.2) is 22.6 Å². The zero-order valence-electron chi connectivity index (χ0n) is 5.29. The zero-order valence-corrected chi connectivity index (χ0v) is 5.29. The molecule has 1 aliphatic carbocycles. The van der Waals surface area contributed by atoms with E-state index in [0.29, 0.717) is 0 Å². The third-order valence-electron chi connectivity index (χ3n) is 1.79. The summed E-state index contributed by atoms with van der Waals surface area (Å²) in [6.07, 6.45) is 2.86. The zero-order chi connectivity index (χ0) is 6.69. The van der Waals surface area contributed by atoms with Crippen molar-refractivity contribution in [1.82, 2.24) is 0 Å². The second-order valence-corrected chi connectivity index (χ2v) is 2.54. The van der Waals surface area contributed by atoms with Gasteiger partial charge >= 0.3 is 0 Å². The number of rotatable bonds is 1. The van der Waals surface area contributed by atoms with E-state index in [1.54, 1.807) is 0 Å². The van der Waals surface area contributed by atoms with Crippen LogP contribution in [0, 0.1) is 0 Å². The molecule has 1 saturated carbocycles. The molecule has 1 aliphatic rings. The largest absolute Gasteiger partial charge is 0.393 e.